The zero-order valence-corrected chi connectivity index (χ0v) is 18.7. The van der Waals surface area contributed by atoms with Crippen molar-refractivity contribution >= 4 is 39.4 Å². The Morgan fingerprint density at radius 1 is 1.09 bits per heavy atom. The largest absolute Gasteiger partial charge is 0.452 e. The van der Waals surface area contributed by atoms with Crippen molar-refractivity contribution in [2.24, 2.45) is 0 Å². The smallest absolute Gasteiger partial charge is 0.339 e. The van der Waals surface area contributed by atoms with Gasteiger partial charge in [-0.05, 0) is 45.2 Å². The molecule has 32 heavy (non-hydrogen) atoms. The molecule has 0 bridgehead atoms. The van der Waals surface area contributed by atoms with E-state index in [2.05, 4.69) is 10.1 Å². The molecule has 0 fully saturated rings. The molecule has 0 aliphatic carbocycles. The van der Waals surface area contributed by atoms with Gasteiger partial charge in [-0.1, -0.05) is 36.4 Å². The fraction of sp³-hybridized carbons (Fsp3) is 0.280. The molecule has 2 heterocycles. The van der Waals surface area contributed by atoms with Crippen molar-refractivity contribution in [1.29, 1.82) is 0 Å². The minimum atomic E-state index is -0.564. The number of carbonyl (C=O) groups excluding carboxylic acids is 2. The first-order valence-corrected chi connectivity index (χ1v) is 10.7. The third-order valence-electron chi connectivity index (χ3n) is 5.41. The summed E-state index contributed by atoms with van der Waals surface area (Å²) < 4.78 is 7.21. The van der Waals surface area contributed by atoms with E-state index in [1.807, 2.05) is 70.2 Å². The highest BCUT2D eigenvalue weighted by Gasteiger charge is 2.21. The summed E-state index contributed by atoms with van der Waals surface area (Å²) in [6.45, 7) is 7.83. The number of aryl methyl sites for hydroxylation is 1. The van der Waals surface area contributed by atoms with Gasteiger partial charge in [0.1, 0.15) is 0 Å². The van der Waals surface area contributed by atoms with Crippen LogP contribution < -0.4 is 4.90 Å². The summed E-state index contributed by atoms with van der Waals surface area (Å²) in [5.41, 5.74) is 2.47. The summed E-state index contributed by atoms with van der Waals surface area (Å²) in [6, 6.07) is 15.5. The van der Waals surface area contributed by atoms with Gasteiger partial charge in [-0.25, -0.2) is 14.5 Å². The number of hydrogen-bond donors (Lipinski definition) is 0. The number of nitrogens with zero attached hydrogens (tertiary/aromatic N) is 4. The molecule has 0 aliphatic rings. The molecule has 0 atom stereocenters. The van der Waals surface area contributed by atoms with E-state index in [9.17, 15) is 9.59 Å². The number of ether oxygens (including phenoxy) is 1. The molecule has 4 rings (SSSR count). The first-order chi connectivity index (χ1) is 15.4. The molecule has 1 amide bonds. The van der Waals surface area contributed by atoms with Crippen LogP contribution in [0.4, 0.5) is 5.69 Å². The van der Waals surface area contributed by atoms with Crippen LogP contribution in [-0.4, -0.2) is 39.8 Å². The molecule has 164 valence electrons. The third kappa shape index (κ3) is 3.93. The molecule has 4 aromatic rings. The number of likely N-dealkylation sites (N-methyl/N-ethyl adjacent to an activating group) is 1. The van der Waals surface area contributed by atoms with Crippen molar-refractivity contribution in [3.63, 3.8) is 0 Å². The second-order valence-corrected chi connectivity index (χ2v) is 7.94. The summed E-state index contributed by atoms with van der Waals surface area (Å²) in [5.74, 6) is -0.844. The molecule has 0 saturated heterocycles. The number of aromatic nitrogens is 3. The van der Waals surface area contributed by atoms with Gasteiger partial charge in [0.05, 0.1) is 22.8 Å². The highest BCUT2D eigenvalue weighted by atomic mass is 16.5. The lowest BCUT2D eigenvalue weighted by atomic mass is 10.1. The van der Waals surface area contributed by atoms with Gasteiger partial charge in [0, 0.05) is 23.7 Å². The minimum Gasteiger partial charge on any atom is -0.452 e. The maximum Gasteiger partial charge on any atom is 0.339 e. The van der Waals surface area contributed by atoms with Gasteiger partial charge in [0.15, 0.2) is 12.3 Å². The lowest BCUT2D eigenvalue weighted by molar-refractivity contribution is -0.121. The van der Waals surface area contributed by atoms with E-state index >= 15 is 0 Å². The number of benzene rings is 2. The summed E-state index contributed by atoms with van der Waals surface area (Å²) in [7, 11) is 0. The molecule has 0 spiro atoms. The number of amides is 1. The molecule has 0 aliphatic heterocycles. The van der Waals surface area contributed by atoms with Crippen molar-refractivity contribution in [2.45, 2.75) is 33.7 Å². The number of fused-ring (bicyclic) bond motifs is 2. The molecule has 2 aromatic heterocycles. The molecule has 2 aromatic carbocycles. The second-order valence-electron chi connectivity index (χ2n) is 7.94. The summed E-state index contributed by atoms with van der Waals surface area (Å²) in [4.78, 5) is 32.1. The van der Waals surface area contributed by atoms with Gasteiger partial charge in [-0.3, -0.25) is 4.79 Å². The molecular weight excluding hydrogens is 404 g/mol. The van der Waals surface area contributed by atoms with Gasteiger partial charge >= 0.3 is 5.97 Å². The van der Waals surface area contributed by atoms with E-state index in [-0.39, 0.29) is 18.6 Å². The maximum atomic E-state index is 13.0. The topological polar surface area (TPSA) is 77.3 Å². The van der Waals surface area contributed by atoms with E-state index in [0.717, 1.165) is 16.5 Å². The average Bonchev–Trinajstić information content (AvgIpc) is 3.21. The van der Waals surface area contributed by atoms with E-state index < -0.39 is 5.97 Å². The van der Waals surface area contributed by atoms with Gasteiger partial charge in [-0.2, -0.15) is 5.10 Å². The van der Waals surface area contributed by atoms with Gasteiger partial charge in [0.2, 0.25) is 0 Å². The average molecular weight is 431 g/mol. The minimum absolute atomic E-state index is 0.103. The van der Waals surface area contributed by atoms with Crippen LogP contribution in [0.1, 0.15) is 42.9 Å². The Morgan fingerprint density at radius 3 is 2.59 bits per heavy atom. The molecule has 0 unspecified atom stereocenters. The Bertz CT molecular complexity index is 1300. The monoisotopic (exact) mass is 430 g/mol. The van der Waals surface area contributed by atoms with Crippen LogP contribution in [0.25, 0.3) is 21.8 Å². The van der Waals surface area contributed by atoms with E-state index in [1.54, 1.807) is 21.8 Å². The lowest BCUT2D eigenvalue weighted by Gasteiger charge is -2.22. The third-order valence-corrected chi connectivity index (χ3v) is 5.41. The highest BCUT2D eigenvalue weighted by molar-refractivity contribution is 6.06. The normalized spacial score (nSPS) is 11.3. The molecule has 0 radical (unpaired) electrons. The first kappa shape index (κ1) is 21.5. The fourth-order valence-electron chi connectivity index (χ4n) is 3.90. The van der Waals surface area contributed by atoms with Crippen molar-refractivity contribution in [3.8, 4) is 0 Å². The number of carbonyl (C=O) groups is 2. The van der Waals surface area contributed by atoms with Crippen LogP contribution >= 0.6 is 0 Å². The Hall–Kier alpha value is -3.74. The van der Waals surface area contributed by atoms with E-state index in [0.29, 0.717) is 28.8 Å². The van der Waals surface area contributed by atoms with Crippen LogP contribution in [0.2, 0.25) is 0 Å². The SMILES string of the molecule is CCN(C(=O)COC(=O)c1cc(C)nc2c1cnn2C(C)C)c1cccc2ccccc12. The van der Waals surface area contributed by atoms with Gasteiger partial charge < -0.3 is 9.64 Å². The predicted molar refractivity (Wildman–Crippen MR) is 125 cm³/mol. The highest BCUT2D eigenvalue weighted by Crippen LogP contribution is 2.27. The zero-order valence-electron chi connectivity index (χ0n) is 18.7. The van der Waals surface area contributed by atoms with Crippen LogP contribution in [0.5, 0.6) is 0 Å². The molecular formula is C25H26N4O3. The Labute approximate surface area is 186 Å². The summed E-state index contributed by atoms with van der Waals surface area (Å²) in [6.07, 6.45) is 1.62. The van der Waals surface area contributed by atoms with E-state index in [1.165, 1.54) is 0 Å². The van der Waals surface area contributed by atoms with Crippen molar-refractivity contribution in [2.75, 3.05) is 18.1 Å². The van der Waals surface area contributed by atoms with Crippen LogP contribution in [0.3, 0.4) is 0 Å². The molecule has 0 N–H and O–H groups in total. The maximum absolute atomic E-state index is 13.0. The lowest BCUT2D eigenvalue weighted by Crippen LogP contribution is -2.34. The Kier molecular flexibility index (Phi) is 5.90. The van der Waals surface area contributed by atoms with Gasteiger partial charge in [0.25, 0.3) is 5.91 Å². The van der Waals surface area contributed by atoms with Crippen molar-refractivity contribution < 1.29 is 14.3 Å². The number of esters is 1. The number of pyridine rings is 1. The standard InChI is InChI=1S/C25H26N4O3/c1-5-28(22-12-8-10-18-9-6-7-11-19(18)22)23(30)15-32-25(31)20-13-17(4)27-24-21(20)14-26-29(24)16(2)3/h6-14,16H,5,15H2,1-4H3. The number of rotatable bonds is 6. The van der Waals surface area contributed by atoms with Crippen LogP contribution in [-0.2, 0) is 9.53 Å². The Balaban J connectivity index is 1.57. The number of anilines is 1. The zero-order chi connectivity index (χ0) is 22.8. The van der Waals surface area contributed by atoms with E-state index in [4.69, 9.17) is 4.74 Å². The summed E-state index contributed by atoms with van der Waals surface area (Å²) in [5, 5.41) is 6.99. The molecule has 7 heteroatoms. The summed E-state index contributed by atoms with van der Waals surface area (Å²) >= 11 is 0. The van der Waals surface area contributed by atoms with Gasteiger partial charge in [-0.15, -0.1) is 0 Å². The van der Waals surface area contributed by atoms with Crippen LogP contribution in [0, 0.1) is 6.92 Å². The number of hydrogen-bond acceptors (Lipinski definition) is 5. The Morgan fingerprint density at radius 2 is 1.84 bits per heavy atom. The first-order valence-electron chi connectivity index (χ1n) is 10.7. The molecule has 0 saturated carbocycles. The predicted octanol–water partition coefficient (Wildman–Crippen LogP) is 4.68. The fourth-order valence-corrected chi connectivity index (χ4v) is 3.90. The van der Waals surface area contributed by atoms with Crippen LogP contribution in [0.15, 0.2) is 54.7 Å². The molecule has 7 nitrogen and oxygen atoms in total. The quantitative estimate of drug-likeness (QED) is 0.415. The van der Waals surface area contributed by atoms with Crippen molar-refractivity contribution in [3.05, 3.63) is 66.0 Å². The second kappa shape index (κ2) is 8.78. The van der Waals surface area contributed by atoms with Crippen molar-refractivity contribution in [1.82, 2.24) is 14.8 Å².